The van der Waals surface area contributed by atoms with Crippen LogP contribution in [0, 0.1) is 15.9 Å². The number of benzene rings is 2. The second kappa shape index (κ2) is 7.24. The lowest BCUT2D eigenvalue weighted by molar-refractivity contribution is -0.384. The summed E-state index contributed by atoms with van der Waals surface area (Å²) in [6, 6.07) is 7.89. The molecule has 27 heavy (non-hydrogen) atoms. The Labute approximate surface area is 153 Å². The van der Waals surface area contributed by atoms with Crippen molar-refractivity contribution in [3.05, 3.63) is 81.7 Å². The lowest BCUT2D eigenvalue weighted by atomic mass is 10.1. The van der Waals surface area contributed by atoms with E-state index in [2.05, 4.69) is 10.3 Å². The smallest absolute Gasteiger partial charge is 0.293 e. The minimum Gasteiger partial charge on any atom is -0.505 e. The van der Waals surface area contributed by atoms with Gasteiger partial charge in [-0.25, -0.2) is 9.37 Å². The third-order valence-electron chi connectivity index (χ3n) is 3.98. The fourth-order valence-electron chi connectivity index (χ4n) is 2.54. The molecule has 0 fully saturated rings. The molecular formula is C18H15FN4O4. The molecule has 0 amide bonds. The maximum Gasteiger partial charge on any atom is 0.293 e. The highest BCUT2D eigenvalue weighted by atomic mass is 19.1. The highest BCUT2D eigenvalue weighted by Crippen LogP contribution is 2.27. The van der Waals surface area contributed by atoms with Crippen molar-refractivity contribution in [2.45, 2.75) is 6.54 Å². The van der Waals surface area contributed by atoms with Crippen LogP contribution in [-0.4, -0.2) is 25.4 Å². The molecule has 0 aliphatic rings. The summed E-state index contributed by atoms with van der Waals surface area (Å²) in [7, 11) is 1.65. The van der Waals surface area contributed by atoms with Crippen LogP contribution in [0.3, 0.4) is 0 Å². The van der Waals surface area contributed by atoms with Crippen LogP contribution in [0.25, 0.3) is 0 Å². The van der Waals surface area contributed by atoms with Gasteiger partial charge in [0, 0.05) is 37.6 Å². The Hall–Kier alpha value is -3.75. The molecule has 0 aliphatic carbocycles. The number of nitro groups is 1. The van der Waals surface area contributed by atoms with Gasteiger partial charge in [-0.1, -0.05) is 6.07 Å². The summed E-state index contributed by atoms with van der Waals surface area (Å²) in [5.74, 6) is -1.51. The van der Waals surface area contributed by atoms with Gasteiger partial charge in [0.05, 0.1) is 4.92 Å². The van der Waals surface area contributed by atoms with Gasteiger partial charge in [-0.05, 0) is 29.8 Å². The number of phenols is 1. The van der Waals surface area contributed by atoms with Crippen molar-refractivity contribution >= 4 is 17.2 Å². The maximum atomic E-state index is 13.4. The van der Waals surface area contributed by atoms with E-state index >= 15 is 0 Å². The number of aryl methyl sites for hydroxylation is 1. The van der Waals surface area contributed by atoms with E-state index in [9.17, 15) is 24.4 Å². The predicted octanol–water partition coefficient (Wildman–Crippen LogP) is 3.02. The summed E-state index contributed by atoms with van der Waals surface area (Å²) >= 11 is 0. The summed E-state index contributed by atoms with van der Waals surface area (Å²) < 4.78 is 14.9. The molecule has 0 spiro atoms. The summed E-state index contributed by atoms with van der Waals surface area (Å²) in [5, 5.41) is 23.5. The quantitative estimate of drug-likeness (QED) is 0.392. The number of carbonyl (C=O) groups excluding carboxylic acids is 1. The van der Waals surface area contributed by atoms with Gasteiger partial charge in [0.1, 0.15) is 5.69 Å². The van der Waals surface area contributed by atoms with E-state index in [0.29, 0.717) is 5.56 Å². The van der Waals surface area contributed by atoms with E-state index in [0.717, 1.165) is 6.07 Å². The SMILES string of the molecule is Cn1ccnc1C(=O)c1ccc(NCc2ccc(O)c(F)c2)c([N+](=O)[O-])c1. The minimum atomic E-state index is -0.778. The molecule has 3 aromatic rings. The van der Waals surface area contributed by atoms with E-state index in [-0.39, 0.29) is 29.3 Å². The third kappa shape index (κ3) is 3.76. The van der Waals surface area contributed by atoms with E-state index in [1.807, 2.05) is 0 Å². The van der Waals surface area contributed by atoms with Crippen molar-refractivity contribution in [1.82, 2.24) is 9.55 Å². The van der Waals surface area contributed by atoms with E-state index < -0.39 is 22.3 Å². The van der Waals surface area contributed by atoms with Crippen LogP contribution in [0.4, 0.5) is 15.8 Å². The zero-order valence-corrected chi connectivity index (χ0v) is 14.2. The number of nitro benzene ring substituents is 1. The zero-order chi connectivity index (χ0) is 19.6. The van der Waals surface area contributed by atoms with Crippen molar-refractivity contribution in [3.63, 3.8) is 0 Å². The van der Waals surface area contributed by atoms with E-state index in [4.69, 9.17) is 0 Å². The number of nitrogens with one attached hydrogen (secondary N) is 1. The van der Waals surface area contributed by atoms with Crippen LogP contribution in [0.15, 0.2) is 48.8 Å². The standard InChI is InChI=1S/C18H15FN4O4/c1-22-7-6-20-18(22)17(25)12-3-4-14(15(9-12)23(26)27)21-10-11-2-5-16(24)13(19)8-11/h2-9,21,24H,10H2,1H3. The summed E-state index contributed by atoms with van der Waals surface area (Å²) in [4.78, 5) is 27.2. The monoisotopic (exact) mass is 370 g/mol. The van der Waals surface area contributed by atoms with Crippen molar-refractivity contribution in [2.24, 2.45) is 7.05 Å². The van der Waals surface area contributed by atoms with Crippen LogP contribution in [-0.2, 0) is 13.6 Å². The molecule has 8 nitrogen and oxygen atoms in total. The van der Waals surface area contributed by atoms with Gasteiger partial charge in [0.2, 0.25) is 5.78 Å². The number of ketones is 1. The van der Waals surface area contributed by atoms with E-state index in [1.165, 1.54) is 41.1 Å². The number of anilines is 1. The van der Waals surface area contributed by atoms with Gasteiger partial charge in [0.25, 0.3) is 5.69 Å². The second-order valence-corrected chi connectivity index (χ2v) is 5.82. The van der Waals surface area contributed by atoms with Crippen molar-refractivity contribution in [2.75, 3.05) is 5.32 Å². The van der Waals surface area contributed by atoms with Gasteiger partial charge in [-0.15, -0.1) is 0 Å². The van der Waals surface area contributed by atoms with Crippen LogP contribution >= 0.6 is 0 Å². The molecule has 2 N–H and O–H groups in total. The Morgan fingerprint density at radius 2 is 2.11 bits per heavy atom. The second-order valence-electron chi connectivity index (χ2n) is 5.82. The Kier molecular flexibility index (Phi) is 4.84. The molecule has 0 saturated carbocycles. The van der Waals surface area contributed by atoms with Gasteiger partial charge in [-0.2, -0.15) is 0 Å². The largest absolute Gasteiger partial charge is 0.505 e. The molecule has 0 aliphatic heterocycles. The molecule has 0 saturated heterocycles. The predicted molar refractivity (Wildman–Crippen MR) is 95.1 cm³/mol. The molecule has 9 heteroatoms. The molecule has 3 rings (SSSR count). The first-order valence-corrected chi connectivity index (χ1v) is 7.88. The van der Waals surface area contributed by atoms with Gasteiger partial charge in [0.15, 0.2) is 17.4 Å². The van der Waals surface area contributed by atoms with Gasteiger partial charge < -0.3 is 15.0 Å². The molecular weight excluding hydrogens is 355 g/mol. The zero-order valence-electron chi connectivity index (χ0n) is 14.2. The number of rotatable bonds is 6. The highest BCUT2D eigenvalue weighted by Gasteiger charge is 2.20. The number of imidazole rings is 1. The van der Waals surface area contributed by atoms with Crippen molar-refractivity contribution < 1.29 is 19.2 Å². The lowest BCUT2D eigenvalue weighted by Gasteiger charge is -2.09. The number of phenolic OH excluding ortho intramolecular Hbond substituents is 1. The van der Waals surface area contributed by atoms with Crippen molar-refractivity contribution in [3.8, 4) is 5.75 Å². The Bertz CT molecular complexity index is 1030. The molecule has 0 unspecified atom stereocenters. The number of nitrogens with zero attached hydrogens (tertiary/aromatic N) is 3. The highest BCUT2D eigenvalue weighted by molar-refractivity contribution is 6.07. The van der Waals surface area contributed by atoms with Crippen molar-refractivity contribution in [1.29, 1.82) is 0 Å². The molecule has 1 aromatic heterocycles. The van der Waals surface area contributed by atoms with Crippen LogP contribution in [0.5, 0.6) is 5.75 Å². The Balaban J connectivity index is 1.85. The number of aromatic nitrogens is 2. The molecule has 2 aromatic carbocycles. The Morgan fingerprint density at radius 1 is 1.33 bits per heavy atom. The van der Waals surface area contributed by atoms with E-state index in [1.54, 1.807) is 13.2 Å². The summed E-state index contributed by atoms with van der Waals surface area (Å²) in [5.41, 5.74) is 0.532. The van der Waals surface area contributed by atoms with Crippen LogP contribution < -0.4 is 5.32 Å². The molecule has 0 radical (unpaired) electrons. The average Bonchev–Trinajstić information content (AvgIpc) is 3.07. The minimum absolute atomic E-state index is 0.102. The number of aromatic hydroxyl groups is 1. The first-order valence-electron chi connectivity index (χ1n) is 7.88. The molecule has 0 atom stereocenters. The molecule has 1 heterocycles. The summed E-state index contributed by atoms with van der Waals surface area (Å²) in [6.45, 7) is 0.102. The topological polar surface area (TPSA) is 110 Å². The first kappa shape index (κ1) is 18.1. The fraction of sp³-hybridized carbons (Fsp3) is 0.111. The number of halogens is 1. The normalized spacial score (nSPS) is 10.6. The molecule has 138 valence electrons. The van der Waals surface area contributed by atoms with Crippen LogP contribution in [0.2, 0.25) is 0 Å². The molecule has 0 bridgehead atoms. The van der Waals surface area contributed by atoms with Gasteiger partial charge >= 0.3 is 0 Å². The average molecular weight is 370 g/mol. The van der Waals surface area contributed by atoms with Gasteiger partial charge in [-0.3, -0.25) is 14.9 Å². The third-order valence-corrected chi connectivity index (χ3v) is 3.98. The fourth-order valence-corrected chi connectivity index (χ4v) is 2.54. The summed E-state index contributed by atoms with van der Waals surface area (Å²) in [6.07, 6.45) is 3.07. The maximum absolute atomic E-state index is 13.4. The number of hydrogen-bond donors (Lipinski definition) is 2. The lowest BCUT2D eigenvalue weighted by Crippen LogP contribution is -2.10. The Morgan fingerprint density at radius 3 is 2.74 bits per heavy atom. The number of carbonyl (C=O) groups is 1. The first-order chi connectivity index (χ1) is 12.9. The number of hydrogen-bond acceptors (Lipinski definition) is 6. The van der Waals surface area contributed by atoms with Crippen LogP contribution in [0.1, 0.15) is 21.7 Å².